The van der Waals surface area contributed by atoms with Gasteiger partial charge in [0, 0.05) is 11.1 Å². The zero-order valence-electron chi connectivity index (χ0n) is 33.5. The number of hydrogen-bond donors (Lipinski definition) is 0. The lowest BCUT2D eigenvalue weighted by Gasteiger charge is -2.02. The average Bonchev–Trinajstić information content (AvgIpc) is 3.20. The lowest BCUT2D eigenvalue weighted by atomic mass is 10.1. The molecule has 19 nitrogen and oxygen atoms in total. The SMILES string of the molecule is C=C(/C=C(\C#N)C(=O)OCC)C(=O)OCC.C=C(/C=C(\C#N)C(=O)OCC)C(C)=O.C=C(/C=C(\C#N)C(=O)OCC)S(=O)(=O)OC.C=C(C#N)/C=C(\C#N)C(=O)OCC. The van der Waals surface area contributed by atoms with Crippen molar-refractivity contribution in [1.29, 1.82) is 26.3 Å². The third-order valence-electron chi connectivity index (χ3n) is 5.40. The summed E-state index contributed by atoms with van der Waals surface area (Å²) in [5.74, 6) is -4.12. The van der Waals surface area contributed by atoms with Gasteiger partial charge in [0.05, 0.1) is 56.7 Å². The van der Waals surface area contributed by atoms with E-state index in [9.17, 15) is 37.2 Å². The Kier molecular flexibility index (Phi) is 33.1. The van der Waals surface area contributed by atoms with Crippen molar-refractivity contribution in [2.45, 2.75) is 41.5 Å². The monoisotopic (exact) mass is 837 g/mol. The van der Waals surface area contributed by atoms with Crippen LogP contribution >= 0.6 is 0 Å². The number of nitriles is 5. The molecule has 0 heterocycles. The van der Waals surface area contributed by atoms with E-state index in [-0.39, 0.29) is 72.3 Å². The third kappa shape index (κ3) is 26.7. The van der Waals surface area contributed by atoms with Crippen LogP contribution < -0.4 is 0 Å². The van der Waals surface area contributed by atoms with E-state index in [0.29, 0.717) is 0 Å². The number of allylic oxidation sites excluding steroid dienone is 5. The molecular formula is C39H43N5O14S. The van der Waals surface area contributed by atoms with Crippen LogP contribution in [-0.4, -0.2) is 84.2 Å². The van der Waals surface area contributed by atoms with Gasteiger partial charge in [0.2, 0.25) is 0 Å². The van der Waals surface area contributed by atoms with Crippen LogP contribution in [0.1, 0.15) is 41.5 Å². The minimum atomic E-state index is -3.98. The molecule has 0 atom stereocenters. The highest BCUT2D eigenvalue weighted by molar-refractivity contribution is 7.90. The van der Waals surface area contributed by atoms with Gasteiger partial charge in [0.1, 0.15) is 46.6 Å². The highest BCUT2D eigenvalue weighted by Gasteiger charge is 2.17. The number of carbonyl (C=O) groups is 6. The van der Waals surface area contributed by atoms with Gasteiger partial charge in [-0.1, -0.05) is 26.3 Å². The second kappa shape index (κ2) is 33.6. The fourth-order valence-corrected chi connectivity index (χ4v) is 3.14. The second-order valence-corrected chi connectivity index (χ2v) is 11.4. The first-order valence-electron chi connectivity index (χ1n) is 16.4. The van der Waals surface area contributed by atoms with Crippen molar-refractivity contribution in [2.24, 2.45) is 0 Å². The van der Waals surface area contributed by atoms with Crippen molar-refractivity contribution in [1.82, 2.24) is 0 Å². The van der Waals surface area contributed by atoms with Crippen molar-refractivity contribution < 1.29 is 65.1 Å². The van der Waals surface area contributed by atoms with E-state index in [0.717, 1.165) is 31.4 Å². The van der Waals surface area contributed by atoms with Gasteiger partial charge in [0.25, 0.3) is 10.1 Å². The van der Waals surface area contributed by atoms with Crippen LogP contribution in [0.3, 0.4) is 0 Å². The molecule has 0 fully saturated rings. The first-order chi connectivity index (χ1) is 27.6. The Labute approximate surface area is 343 Å². The van der Waals surface area contributed by atoms with Crippen LogP contribution in [0.5, 0.6) is 0 Å². The maximum Gasteiger partial charge on any atom is 0.348 e. The largest absolute Gasteiger partial charge is 0.462 e. The van der Waals surface area contributed by atoms with Crippen molar-refractivity contribution in [3.8, 4) is 30.3 Å². The van der Waals surface area contributed by atoms with Crippen LogP contribution in [-0.2, 0) is 66.8 Å². The lowest BCUT2D eigenvalue weighted by molar-refractivity contribution is -0.139. The van der Waals surface area contributed by atoms with Crippen molar-refractivity contribution in [3.05, 3.63) is 94.5 Å². The summed E-state index contributed by atoms with van der Waals surface area (Å²) in [4.78, 5) is 65.8. The summed E-state index contributed by atoms with van der Waals surface area (Å²) in [7, 11) is -3.03. The Morgan fingerprint density at radius 2 is 0.780 bits per heavy atom. The molecule has 0 radical (unpaired) electrons. The Balaban J connectivity index is -0.000000343. The average molecular weight is 838 g/mol. The number of rotatable bonds is 17. The van der Waals surface area contributed by atoms with Crippen LogP contribution in [0.15, 0.2) is 94.5 Å². The Hall–Kier alpha value is -7.70. The topological polar surface area (TPSA) is 311 Å². The first-order valence-corrected chi connectivity index (χ1v) is 17.8. The molecule has 0 aromatic rings. The fourth-order valence-electron chi connectivity index (χ4n) is 2.66. The quantitative estimate of drug-likeness (QED) is 0.0501. The van der Waals surface area contributed by atoms with E-state index in [2.05, 4.69) is 54.2 Å². The predicted octanol–water partition coefficient (Wildman–Crippen LogP) is 3.83. The molecule has 59 heavy (non-hydrogen) atoms. The summed E-state index contributed by atoms with van der Waals surface area (Å²) in [6.45, 7) is 23.5. The molecule has 0 unspecified atom stereocenters. The van der Waals surface area contributed by atoms with E-state index >= 15 is 0 Å². The lowest BCUT2D eigenvalue weighted by Crippen LogP contribution is -2.09. The Morgan fingerprint density at radius 3 is 1.05 bits per heavy atom. The Bertz CT molecular complexity index is 2070. The number of hydrogen-bond acceptors (Lipinski definition) is 19. The summed E-state index contributed by atoms with van der Waals surface area (Å²) in [6, 6.07) is 8.12. The maximum atomic E-state index is 11.2. The highest BCUT2D eigenvalue weighted by Crippen LogP contribution is 2.11. The minimum absolute atomic E-state index is 0.0459. The first kappa shape index (κ1) is 58.0. The van der Waals surface area contributed by atoms with Gasteiger partial charge in [-0.2, -0.15) is 34.7 Å². The zero-order chi connectivity index (χ0) is 46.7. The number of nitrogens with zero attached hydrogens (tertiary/aromatic N) is 5. The third-order valence-corrected chi connectivity index (χ3v) is 6.60. The van der Waals surface area contributed by atoms with Crippen LogP contribution in [0.25, 0.3) is 0 Å². The van der Waals surface area contributed by atoms with E-state index in [1.807, 2.05) is 0 Å². The van der Waals surface area contributed by atoms with Gasteiger partial charge in [-0.15, -0.1) is 0 Å². The van der Waals surface area contributed by atoms with Crippen molar-refractivity contribution >= 4 is 45.7 Å². The number of ether oxygens (including phenoxy) is 5. The maximum absolute atomic E-state index is 11.2. The normalized spacial score (nSPS) is 10.5. The van der Waals surface area contributed by atoms with Crippen LogP contribution in [0.4, 0.5) is 0 Å². The van der Waals surface area contributed by atoms with Crippen molar-refractivity contribution in [3.63, 3.8) is 0 Å². The molecule has 314 valence electrons. The van der Waals surface area contributed by atoms with Gasteiger partial charge in [-0.25, -0.2) is 24.0 Å². The van der Waals surface area contributed by atoms with Crippen LogP contribution in [0, 0.1) is 56.7 Å². The second-order valence-electron chi connectivity index (χ2n) is 9.61. The molecule has 0 aliphatic rings. The highest BCUT2D eigenvalue weighted by atomic mass is 32.2. The summed E-state index contributed by atoms with van der Waals surface area (Å²) in [5, 5.41) is 42.7. The van der Waals surface area contributed by atoms with Gasteiger partial charge < -0.3 is 23.7 Å². The smallest absolute Gasteiger partial charge is 0.348 e. The van der Waals surface area contributed by atoms with E-state index in [1.165, 1.54) is 13.0 Å². The van der Waals surface area contributed by atoms with Gasteiger partial charge in [-0.3, -0.25) is 8.98 Å². The predicted molar refractivity (Wildman–Crippen MR) is 207 cm³/mol. The molecule has 0 saturated carbocycles. The molecule has 0 aromatic carbocycles. The van der Waals surface area contributed by atoms with E-state index < -0.39 is 50.4 Å². The molecule has 0 bridgehead atoms. The molecule has 0 saturated heterocycles. The molecule has 0 aliphatic heterocycles. The molecule has 0 N–H and O–H groups in total. The van der Waals surface area contributed by atoms with E-state index in [1.54, 1.807) is 58.9 Å². The molecule has 0 spiro atoms. The number of esters is 5. The van der Waals surface area contributed by atoms with Gasteiger partial charge in [0.15, 0.2) is 5.78 Å². The molecule has 20 heteroatoms. The number of Topliss-reactive ketones (excluding diaryl/α,β-unsaturated/α-hetero) is 1. The van der Waals surface area contributed by atoms with Gasteiger partial charge >= 0.3 is 29.8 Å². The molecule has 0 rings (SSSR count). The summed E-state index contributed by atoms with van der Waals surface area (Å²) in [6.07, 6.45) is 4.07. The fraction of sp³-hybridized carbons (Fsp3) is 0.308. The minimum Gasteiger partial charge on any atom is -0.462 e. The number of ketones is 1. The van der Waals surface area contributed by atoms with E-state index in [4.69, 9.17) is 26.3 Å². The van der Waals surface area contributed by atoms with Crippen molar-refractivity contribution in [2.75, 3.05) is 40.1 Å². The molecular weight excluding hydrogens is 795 g/mol. The molecule has 0 aromatic heterocycles. The summed E-state index contributed by atoms with van der Waals surface area (Å²) < 4.78 is 49.3. The summed E-state index contributed by atoms with van der Waals surface area (Å²) in [5.41, 5.74) is -1.07. The molecule has 0 aliphatic carbocycles. The molecule has 0 amide bonds. The summed E-state index contributed by atoms with van der Waals surface area (Å²) >= 11 is 0. The zero-order valence-corrected chi connectivity index (χ0v) is 34.3. The van der Waals surface area contributed by atoms with Gasteiger partial charge in [-0.05, 0) is 65.8 Å². The Morgan fingerprint density at radius 1 is 0.492 bits per heavy atom. The number of carbonyl (C=O) groups excluding carboxylic acids is 6. The standard InChI is InChI=1S/C11H13NO4.C10H11NO3.C9H8N2O2.C9H11NO5S/c1-4-15-10(13)8(3)6-9(7-12)11(14)16-5-2;1-4-14-10(13)9(6-11)5-7(2)8(3)12;1-3-13-9(12)8(6-11)4-7(2)5-10;1-4-15-9(11)8(6-10)5-7(2)16(12,13)14-3/h6H,3-5H2,1-2H3;5H,2,4H2,1,3H3;4H,2-3H2,1H3;5H,2,4H2,1,3H3/b9-6+;9-5+;8-4+;8-5+. The van der Waals surface area contributed by atoms with Crippen LogP contribution in [0.2, 0.25) is 0 Å².